The number of sulfonamides is 1. The molecule has 1 atom stereocenters. The lowest BCUT2D eigenvalue weighted by Crippen LogP contribution is -2.46. The van der Waals surface area contributed by atoms with Gasteiger partial charge in [-0.15, -0.1) is 0 Å². The first kappa shape index (κ1) is 20.4. The van der Waals surface area contributed by atoms with E-state index in [2.05, 4.69) is 0 Å². The van der Waals surface area contributed by atoms with Gasteiger partial charge in [0.25, 0.3) is 0 Å². The summed E-state index contributed by atoms with van der Waals surface area (Å²) in [6.07, 6.45) is 1.32. The van der Waals surface area contributed by atoms with Gasteiger partial charge in [0.15, 0.2) is 0 Å². The molecular weight excluding hydrogens is 376 g/mol. The van der Waals surface area contributed by atoms with Crippen LogP contribution in [0.2, 0.25) is 0 Å². The van der Waals surface area contributed by atoms with Gasteiger partial charge in [0, 0.05) is 25.8 Å². The van der Waals surface area contributed by atoms with E-state index < -0.39 is 10.0 Å². The quantitative estimate of drug-likeness (QED) is 0.771. The van der Waals surface area contributed by atoms with Crippen LogP contribution in [0.25, 0.3) is 0 Å². The first-order valence-electron chi connectivity index (χ1n) is 9.32. The van der Waals surface area contributed by atoms with Crippen LogP contribution >= 0.6 is 0 Å². The molecule has 28 heavy (non-hydrogen) atoms. The summed E-state index contributed by atoms with van der Waals surface area (Å²) in [6.45, 7) is 2.42. The van der Waals surface area contributed by atoms with Crippen molar-refractivity contribution in [2.75, 3.05) is 32.1 Å². The maximum atomic E-state index is 13.2. The second-order valence-corrected chi connectivity index (χ2v) is 9.00. The number of nitrogens with zero attached hydrogens (tertiary/aromatic N) is 2. The molecule has 0 spiro atoms. The number of piperidine rings is 1. The van der Waals surface area contributed by atoms with E-state index in [0.717, 1.165) is 11.3 Å². The Balaban J connectivity index is 1.83. The Morgan fingerprint density at radius 3 is 2.57 bits per heavy atom. The molecule has 0 saturated carbocycles. The van der Waals surface area contributed by atoms with E-state index in [0.29, 0.717) is 25.1 Å². The van der Waals surface area contributed by atoms with E-state index in [-0.39, 0.29) is 23.3 Å². The fourth-order valence-electron chi connectivity index (χ4n) is 3.54. The largest absolute Gasteiger partial charge is 0.495 e. The summed E-state index contributed by atoms with van der Waals surface area (Å²) in [5, 5.41) is 0. The minimum absolute atomic E-state index is 0.0673. The predicted molar refractivity (Wildman–Crippen MR) is 109 cm³/mol. The number of ether oxygens (including phenoxy) is 1. The minimum Gasteiger partial charge on any atom is -0.495 e. The molecule has 0 aliphatic carbocycles. The highest BCUT2D eigenvalue weighted by molar-refractivity contribution is 7.89. The van der Waals surface area contributed by atoms with Gasteiger partial charge in [0.1, 0.15) is 10.6 Å². The van der Waals surface area contributed by atoms with E-state index >= 15 is 0 Å². The molecule has 6 nitrogen and oxygen atoms in total. The molecule has 3 rings (SSSR count). The van der Waals surface area contributed by atoms with Crippen molar-refractivity contribution in [3.63, 3.8) is 0 Å². The Kier molecular flexibility index (Phi) is 6.05. The fraction of sp³-hybridized carbons (Fsp3) is 0.381. The van der Waals surface area contributed by atoms with Gasteiger partial charge in [-0.3, -0.25) is 4.79 Å². The number of methoxy groups -OCH3 is 1. The number of rotatable bonds is 5. The van der Waals surface area contributed by atoms with Crippen molar-refractivity contribution in [3.05, 3.63) is 54.1 Å². The molecule has 0 aromatic heterocycles. The van der Waals surface area contributed by atoms with E-state index in [9.17, 15) is 13.2 Å². The average molecular weight is 403 g/mol. The SMILES string of the molecule is COc1ccc(C)cc1S(=O)(=O)N1CCCC(C(=O)N(C)c2ccccc2)C1. The van der Waals surface area contributed by atoms with Crippen LogP contribution in [0.4, 0.5) is 5.69 Å². The summed E-state index contributed by atoms with van der Waals surface area (Å²) in [6, 6.07) is 14.5. The average Bonchev–Trinajstić information content (AvgIpc) is 2.73. The lowest BCUT2D eigenvalue weighted by atomic mass is 9.98. The van der Waals surface area contributed by atoms with Gasteiger partial charge in [-0.2, -0.15) is 4.31 Å². The summed E-state index contributed by atoms with van der Waals surface area (Å²) < 4.78 is 33.2. The lowest BCUT2D eigenvalue weighted by Gasteiger charge is -2.33. The molecule has 2 aromatic carbocycles. The lowest BCUT2D eigenvalue weighted by molar-refractivity contribution is -0.123. The molecule has 1 saturated heterocycles. The normalized spacial score (nSPS) is 17.9. The van der Waals surface area contributed by atoms with Gasteiger partial charge >= 0.3 is 0 Å². The molecule has 2 aromatic rings. The molecule has 0 bridgehead atoms. The third kappa shape index (κ3) is 4.05. The zero-order valence-corrected chi connectivity index (χ0v) is 17.3. The van der Waals surface area contributed by atoms with E-state index in [1.165, 1.54) is 11.4 Å². The fourth-order valence-corrected chi connectivity index (χ4v) is 5.30. The Morgan fingerprint density at radius 2 is 1.89 bits per heavy atom. The monoisotopic (exact) mass is 402 g/mol. The van der Waals surface area contributed by atoms with Crippen molar-refractivity contribution in [1.29, 1.82) is 0 Å². The van der Waals surface area contributed by atoms with Crippen molar-refractivity contribution in [3.8, 4) is 5.75 Å². The zero-order chi connectivity index (χ0) is 20.3. The van der Waals surface area contributed by atoms with Gasteiger partial charge in [-0.25, -0.2) is 8.42 Å². The van der Waals surface area contributed by atoms with Crippen molar-refractivity contribution in [2.24, 2.45) is 5.92 Å². The van der Waals surface area contributed by atoms with Gasteiger partial charge in [-0.05, 0) is 49.6 Å². The van der Waals surface area contributed by atoms with Gasteiger partial charge < -0.3 is 9.64 Å². The molecular formula is C21H26N2O4S. The van der Waals surface area contributed by atoms with Gasteiger partial charge in [-0.1, -0.05) is 24.3 Å². The predicted octanol–water partition coefficient (Wildman–Crippen LogP) is 3.07. The molecule has 150 valence electrons. The van der Waals surface area contributed by atoms with Crippen molar-refractivity contribution >= 4 is 21.6 Å². The van der Waals surface area contributed by atoms with Crippen LogP contribution < -0.4 is 9.64 Å². The highest BCUT2D eigenvalue weighted by atomic mass is 32.2. The highest BCUT2D eigenvalue weighted by Gasteiger charge is 2.36. The zero-order valence-electron chi connectivity index (χ0n) is 16.5. The molecule has 1 amide bonds. The molecule has 1 fully saturated rings. The second-order valence-electron chi connectivity index (χ2n) is 7.09. The van der Waals surface area contributed by atoms with Crippen molar-refractivity contribution in [2.45, 2.75) is 24.7 Å². The summed E-state index contributed by atoms with van der Waals surface area (Å²) in [5.41, 5.74) is 1.64. The second kappa shape index (κ2) is 8.32. The first-order valence-corrected chi connectivity index (χ1v) is 10.8. The van der Waals surface area contributed by atoms with Crippen LogP contribution in [-0.2, 0) is 14.8 Å². The van der Waals surface area contributed by atoms with Crippen molar-refractivity contribution < 1.29 is 17.9 Å². The molecule has 1 aliphatic rings. The standard InChI is InChI=1S/C21H26N2O4S/c1-16-11-12-19(27-3)20(14-16)28(25,26)23-13-7-8-17(15-23)21(24)22(2)18-9-5-4-6-10-18/h4-6,9-12,14,17H,7-8,13,15H2,1-3H3. The molecule has 1 unspecified atom stereocenters. The number of amides is 1. The topological polar surface area (TPSA) is 66.9 Å². The third-order valence-corrected chi connectivity index (χ3v) is 7.03. The number of anilines is 1. The summed E-state index contributed by atoms with van der Waals surface area (Å²) in [5.74, 6) is -0.118. The van der Waals surface area contributed by atoms with E-state index in [1.54, 1.807) is 24.1 Å². The number of carbonyl (C=O) groups is 1. The van der Waals surface area contributed by atoms with E-state index in [4.69, 9.17) is 4.74 Å². The van der Waals surface area contributed by atoms with Gasteiger partial charge in [0.05, 0.1) is 13.0 Å². The smallest absolute Gasteiger partial charge is 0.246 e. The number of para-hydroxylation sites is 1. The summed E-state index contributed by atoms with van der Waals surface area (Å²) in [4.78, 5) is 14.7. The minimum atomic E-state index is -3.75. The van der Waals surface area contributed by atoms with E-state index in [1.807, 2.05) is 43.3 Å². The Labute approximate surface area is 166 Å². The van der Waals surface area contributed by atoms with Crippen LogP contribution in [-0.4, -0.2) is 45.9 Å². The Hall–Kier alpha value is -2.38. The molecule has 0 radical (unpaired) electrons. The van der Waals surface area contributed by atoms with Crippen LogP contribution in [0, 0.1) is 12.8 Å². The molecule has 1 heterocycles. The highest BCUT2D eigenvalue weighted by Crippen LogP contribution is 2.31. The molecule has 0 N–H and O–H groups in total. The Bertz CT molecular complexity index is 944. The summed E-state index contributed by atoms with van der Waals surface area (Å²) >= 11 is 0. The maximum absolute atomic E-state index is 13.2. The number of hydrogen-bond donors (Lipinski definition) is 0. The summed E-state index contributed by atoms with van der Waals surface area (Å²) in [7, 11) is -0.556. The van der Waals surface area contributed by atoms with Crippen LogP contribution in [0.3, 0.4) is 0 Å². The van der Waals surface area contributed by atoms with Crippen LogP contribution in [0.5, 0.6) is 5.75 Å². The number of carbonyl (C=O) groups excluding carboxylic acids is 1. The first-order chi connectivity index (χ1) is 13.3. The molecule has 1 aliphatic heterocycles. The van der Waals surface area contributed by atoms with Crippen LogP contribution in [0.15, 0.2) is 53.4 Å². The Morgan fingerprint density at radius 1 is 1.18 bits per heavy atom. The number of hydrogen-bond acceptors (Lipinski definition) is 4. The van der Waals surface area contributed by atoms with Crippen LogP contribution in [0.1, 0.15) is 18.4 Å². The molecule has 7 heteroatoms. The maximum Gasteiger partial charge on any atom is 0.246 e. The van der Waals surface area contributed by atoms with Gasteiger partial charge in [0.2, 0.25) is 15.9 Å². The third-order valence-electron chi connectivity index (χ3n) is 5.14. The van der Waals surface area contributed by atoms with Crippen molar-refractivity contribution in [1.82, 2.24) is 4.31 Å². The number of aryl methyl sites for hydroxylation is 1. The number of benzene rings is 2.